The van der Waals surface area contributed by atoms with E-state index >= 15 is 0 Å². The van der Waals surface area contributed by atoms with Crippen molar-refractivity contribution in [2.24, 2.45) is 5.73 Å². The van der Waals surface area contributed by atoms with E-state index in [4.69, 9.17) is 17.3 Å². The summed E-state index contributed by atoms with van der Waals surface area (Å²) < 4.78 is 14.1. The Kier molecular flexibility index (Phi) is 4.63. The Bertz CT molecular complexity index is 601. The summed E-state index contributed by atoms with van der Waals surface area (Å²) in [4.78, 5) is 1.99. The molecule has 0 saturated carbocycles. The van der Waals surface area contributed by atoms with Crippen LogP contribution in [-0.2, 0) is 0 Å². The van der Waals surface area contributed by atoms with E-state index in [1.165, 1.54) is 6.07 Å². The second-order valence-electron chi connectivity index (χ2n) is 4.87. The van der Waals surface area contributed by atoms with E-state index < -0.39 is 0 Å². The van der Waals surface area contributed by atoms with Gasteiger partial charge in [0.1, 0.15) is 5.82 Å². The van der Waals surface area contributed by atoms with Crippen molar-refractivity contribution in [1.29, 1.82) is 0 Å². The molecular formula is C16H18ClFN2. The van der Waals surface area contributed by atoms with Crippen LogP contribution in [0.1, 0.15) is 17.2 Å². The molecule has 0 fully saturated rings. The third-order valence-electron chi connectivity index (χ3n) is 3.42. The number of rotatable bonds is 4. The van der Waals surface area contributed by atoms with Gasteiger partial charge in [-0.2, -0.15) is 0 Å². The molecule has 0 bridgehead atoms. The fraction of sp³-hybridized carbons (Fsp3) is 0.250. The Morgan fingerprint density at radius 2 is 2.00 bits per heavy atom. The molecule has 0 amide bonds. The summed E-state index contributed by atoms with van der Waals surface area (Å²) in [6.45, 7) is 2.35. The SMILES string of the molecule is Cc1cccc(N(C)C(CN)c2ccc(Cl)cc2F)c1. The Balaban J connectivity index is 2.36. The molecule has 4 heteroatoms. The number of hydrogen-bond acceptors (Lipinski definition) is 2. The molecule has 106 valence electrons. The average molecular weight is 293 g/mol. The average Bonchev–Trinajstić information content (AvgIpc) is 2.41. The first-order chi connectivity index (χ1) is 9.52. The van der Waals surface area contributed by atoms with E-state index in [-0.39, 0.29) is 11.9 Å². The summed E-state index contributed by atoms with van der Waals surface area (Å²) in [6, 6.07) is 12.5. The summed E-state index contributed by atoms with van der Waals surface area (Å²) >= 11 is 5.80. The van der Waals surface area contributed by atoms with E-state index in [9.17, 15) is 4.39 Å². The maximum atomic E-state index is 14.1. The predicted molar refractivity (Wildman–Crippen MR) is 82.8 cm³/mol. The number of benzene rings is 2. The topological polar surface area (TPSA) is 29.3 Å². The molecular weight excluding hydrogens is 275 g/mol. The van der Waals surface area contributed by atoms with Crippen LogP contribution in [0.15, 0.2) is 42.5 Å². The van der Waals surface area contributed by atoms with Gasteiger partial charge in [-0.15, -0.1) is 0 Å². The van der Waals surface area contributed by atoms with Gasteiger partial charge in [0, 0.05) is 29.9 Å². The zero-order valence-corrected chi connectivity index (χ0v) is 12.4. The zero-order valence-electron chi connectivity index (χ0n) is 11.6. The fourth-order valence-electron chi connectivity index (χ4n) is 2.29. The zero-order chi connectivity index (χ0) is 14.7. The Labute approximate surface area is 124 Å². The number of aryl methyl sites for hydroxylation is 1. The largest absolute Gasteiger partial charge is 0.366 e. The van der Waals surface area contributed by atoms with Crippen molar-refractivity contribution in [3.63, 3.8) is 0 Å². The molecule has 2 aromatic carbocycles. The van der Waals surface area contributed by atoms with Gasteiger partial charge in [0.05, 0.1) is 6.04 Å². The molecule has 0 heterocycles. The second kappa shape index (κ2) is 6.25. The first kappa shape index (κ1) is 14.8. The lowest BCUT2D eigenvalue weighted by atomic mass is 10.0. The van der Waals surface area contributed by atoms with E-state index in [1.807, 2.05) is 37.1 Å². The summed E-state index contributed by atoms with van der Waals surface area (Å²) in [5.74, 6) is -0.326. The number of likely N-dealkylation sites (N-methyl/N-ethyl adjacent to an activating group) is 1. The summed E-state index contributed by atoms with van der Waals surface area (Å²) in [5.41, 5.74) is 8.57. The molecule has 2 rings (SSSR count). The minimum Gasteiger partial charge on any atom is -0.366 e. The first-order valence-corrected chi connectivity index (χ1v) is 6.85. The highest BCUT2D eigenvalue weighted by Gasteiger charge is 2.19. The second-order valence-corrected chi connectivity index (χ2v) is 5.30. The molecule has 0 spiro atoms. The smallest absolute Gasteiger partial charge is 0.130 e. The van der Waals surface area contributed by atoms with E-state index in [2.05, 4.69) is 6.07 Å². The van der Waals surface area contributed by atoms with E-state index in [1.54, 1.807) is 12.1 Å². The molecule has 2 aromatic rings. The van der Waals surface area contributed by atoms with Crippen molar-refractivity contribution in [2.75, 3.05) is 18.5 Å². The number of hydrogen-bond donors (Lipinski definition) is 1. The minimum atomic E-state index is -0.326. The molecule has 0 aliphatic rings. The van der Waals surface area contributed by atoms with Crippen LogP contribution in [0.25, 0.3) is 0 Å². The summed E-state index contributed by atoms with van der Waals surface area (Å²) in [5, 5.41) is 0.389. The van der Waals surface area contributed by atoms with Gasteiger partial charge >= 0.3 is 0 Å². The number of nitrogens with two attached hydrogens (primary N) is 1. The summed E-state index contributed by atoms with van der Waals surface area (Å²) in [6.07, 6.45) is 0. The lowest BCUT2D eigenvalue weighted by molar-refractivity contribution is 0.573. The molecule has 1 unspecified atom stereocenters. The molecule has 2 nitrogen and oxygen atoms in total. The van der Waals surface area contributed by atoms with Gasteiger partial charge in [0.2, 0.25) is 0 Å². The minimum absolute atomic E-state index is 0.228. The Morgan fingerprint density at radius 3 is 2.60 bits per heavy atom. The van der Waals surface area contributed by atoms with Crippen LogP contribution in [-0.4, -0.2) is 13.6 Å². The van der Waals surface area contributed by atoms with Crippen molar-refractivity contribution < 1.29 is 4.39 Å². The molecule has 1 atom stereocenters. The van der Waals surface area contributed by atoms with Crippen LogP contribution >= 0.6 is 11.6 Å². The third-order valence-corrected chi connectivity index (χ3v) is 3.66. The molecule has 0 saturated heterocycles. The van der Waals surface area contributed by atoms with Crippen LogP contribution < -0.4 is 10.6 Å². The molecule has 0 aromatic heterocycles. The van der Waals surface area contributed by atoms with Crippen LogP contribution in [0.5, 0.6) is 0 Å². The predicted octanol–water partition coefficient (Wildman–Crippen LogP) is 3.92. The molecule has 20 heavy (non-hydrogen) atoms. The van der Waals surface area contributed by atoms with Crippen molar-refractivity contribution in [3.8, 4) is 0 Å². The van der Waals surface area contributed by atoms with Gasteiger partial charge in [-0.3, -0.25) is 0 Å². The maximum absolute atomic E-state index is 14.1. The lowest BCUT2D eigenvalue weighted by Crippen LogP contribution is -2.31. The highest BCUT2D eigenvalue weighted by Crippen LogP contribution is 2.28. The van der Waals surface area contributed by atoms with E-state index in [0.717, 1.165) is 11.3 Å². The van der Waals surface area contributed by atoms with E-state index in [0.29, 0.717) is 17.1 Å². The van der Waals surface area contributed by atoms with Crippen molar-refractivity contribution in [3.05, 3.63) is 64.4 Å². The highest BCUT2D eigenvalue weighted by atomic mass is 35.5. The van der Waals surface area contributed by atoms with Crippen LogP contribution in [0.4, 0.5) is 10.1 Å². The van der Waals surface area contributed by atoms with Crippen LogP contribution in [0, 0.1) is 12.7 Å². The van der Waals surface area contributed by atoms with Gasteiger partial charge in [-0.25, -0.2) is 4.39 Å². The van der Waals surface area contributed by atoms with Crippen LogP contribution in [0.2, 0.25) is 5.02 Å². The number of halogens is 2. The number of nitrogens with zero attached hydrogens (tertiary/aromatic N) is 1. The molecule has 0 aliphatic heterocycles. The quantitative estimate of drug-likeness (QED) is 0.925. The monoisotopic (exact) mass is 292 g/mol. The first-order valence-electron chi connectivity index (χ1n) is 6.47. The number of anilines is 1. The van der Waals surface area contributed by atoms with Gasteiger partial charge in [-0.1, -0.05) is 29.8 Å². The fourth-order valence-corrected chi connectivity index (χ4v) is 2.45. The van der Waals surface area contributed by atoms with Crippen molar-refractivity contribution in [1.82, 2.24) is 0 Å². The van der Waals surface area contributed by atoms with Gasteiger partial charge in [-0.05, 0) is 36.8 Å². The van der Waals surface area contributed by atoms with Gasteiger partial charge in [0.15, 0.2) is 0 Å². The highest BCUT2D eigenvalue weighted by molar-refractivity contribution is 6.30. The Hall–Kier alpha value is -1.58. The molecule has 2 N–H and O–H groups in total. The molecule has 0 radical (unpaired) electrons. The van der Waals surface area contributed by atoms with Gasteiger partial charge < -0.3 is 10.6 Å². The molecule has 0 aliphatic carbocycles. The normalized spacial score (nSPS) is 12.2. The van der Waals surface area contributed by atoms with Gasteiger partial charge in [0.25, 0.3) is 0 Å². The summed E-state index contributed by atoms with van der Waals surface area (Å²) in [7, 11) is 1.92. The third kappa shape index (κ3) is 3.11. The van der Waals surface area contributed by atoms with Crippen molar-refractivity contribution in [2.45, 2.75) is 13.0 Å². The van der Waals surface area contributed by atoms with Crippen molar-refractivity contribution >= 4 is 17.3 Å². The maximum Gasteiger partial charge on any atom is 0.130 e. The van der Waals surface area contributed by atoms with Crippen LogP contribution in [0.3, 0.4) is 0 Å². The Morgan fingerprint density at radius 1 is 1.25 bits per heavy atom. The standard InChI is InChI=1S/C16H18ClFN2/c1-11-4-3-5-13(8-11)20(2)16(10-19)14-7-6-12(17)9-15(14)18/h3-9,16H,10,19H2,1-2H3. The lowest BCUT2D eigenvalue weighted by Gasteiger charge is -2.30.